The van der Waals surface area contributed by atoms with Gasteiger partial charge in [0.15, 0.2) is 6.10 Å². The maximum Gasteiger partial charge on any atom is 0.306 e. The fourth-order valence-electron chi connectivity index (χ4n) is 10.0. The molecular formula is C64H124O6. The first kappa shape index (κ1) is 68.4. The highest BCUT2D eigenvalue weighted by atomic mass is 16.6. The molecular weight excluding hydrogens is 865 g/mol. The van der Waals surface area contributed by atoms with E-state index >= 15 is 0 Å². The Bertz CT molecular complexity index is 1040. The van der Waals surface area contributed by atoms with E-state index in [1.807, 2.05) is 0 Å². The van der Waals surface area contributed by atoms with Crippen molar-refractivity contribution in [2.45, 2.75) is 380 Å². The average Bonchev–Trinajstić information content (AvgIpc) is 3.36. The predicted molar refractivity (Wildman–Crippen MR) is 303 cm³/mol. The smallest absolute Gasteiger partial charge is 0.306 e. The fraction of sp³-hybridized carbons (Fsp3) is 0.953. The lowest BCUT2D eigenvalue weighted by molar-refractivity contribution is -0.167. The summed E-state index contributed by atoms with van der Waals surface area (Å²) >= 11 is 0. The lowest BCUT2D eigenvalue weighted by atomic mass is 10.0. The molecule has 0 aromatic heterocycles. The number of unbranched alkanes of at least 4 members (excludes halogenated alkanes) is 49. The van der Waals surface area contributed by atoms with E-state index in [-0.39, 0.29) is 31.1 Å². The van der Waals surface area contributed by atoms with Crippen LogP contribution in [0, 0.1) is 0 Å². The summed E-state index contributed by atoms with van der Waals surface area (Å²) in [6.07, 6.45) is 68.9. The van der Waals surface area contributed by atoms with Crippen LogP contribution in [-0.2, 0) is 28.6 Å². The molecule has 0 aromatic rings. The summed E-state index contributed by atoms with van der Waals surface area (Å²) in [5, 5.41) is 0. The van der Waals surface area contributed by atoms with Crippen molar-refractivity contribution in [3.8, 4) is 0 Å². The molecule has 0 amide bonds. The van der Waals surface area contributed by atoms with E-state index in [1.165, 1.54) is 276 Å². The minimum absolute atomic E-state index is 0.0623. The largest absolute Gasteiger partial charge is 0.462 e. The van der Waals surface area contributed by atoms with Crippen molar-refractivity contribution in [1.29, 1.82) is 0 Å². The van der Waals surface area contributed by atoms with Crippen LogP contribution in [0.5, 0.6) is 0 Å². The van der Waals surface area contributed by atoms with Crippen molar-refractivity contribution >= 4 is 17.9 Å². The van der Waals surface area contributed by atoms with E-state index in [9.17, 15) is 14.4 Å². The van der Waals surface area contributed by atoms with Gasteiger partial charge in [0.2, 0.25) is 0 Å². The minimum atomic E-state index is -0.759. The van der Waals surface area contributed by atoms with Crippen LogP contribution in [0.3, 0.4) is 0 Å². The summed E-state index contributed by atoms with van der Waals surface area (Å²) in [4.78, 5) is 37.9. The lowest BCUT2D eigenvalue weighted by Crippen LogP contribution is -2.30. The normalized spacial score (nSPS) is 11.9. The molecule has 0 N–H and O–H groups in total. The number of carbonyl (C=O) groups excluding carboxylic acids is 3. The van der Waals surface area contributed by atoms with Gasteiger partial charge in [-0.1, -0.05) is 335 Å². The van der Waals surface area contributed by atoms with Crippen LogP contribution in [0.4, 0.5) is 0 Å². The third kappa shape index (κ3) is 57.3. The molecule has 0 aliphatic rings. The molecule has 0 aliphatic heterocycles. The van der Waals surface area contributed by atoms with Gasteiger partial charge in [-0.3, -0.25) is 14.4 Å². The number of hydrogen-bond donors (Lipinski definition) is 0. The maximum absolute atomic E-state index is 12.7. The molecule has 0 rings (SSSR count). The Labute approximate surface area is 438 Å². The Morgan fingerprint density at radius 3 is 0.571 bits per heavy atom. The molecule has 416 valence electrons. The van der Waals surface area contributed by atoms with E-state index in [0.29, 0.717) is 19.3 Å². The van der Waals surface area contributed by atoms with Crippen LogP contribution < -0.4 is 0 Å². The average molecular weight is 990 g/mol. The van der Waals surface area contributed by atoms with Gasteiger partial charge in [0.05, 0.1) is 0 Å². The highest BCUT2D eigenvalue weighted by molar-refractivity contribution is 5.71. The fourth-order valence-corrected chi connectivity index (χ4v) is 10.0. The highest BCUT2D eigenvalue weighted by Gasteiger charge is 2.19. The first-order valence-corrected chi connectivity index (χ1v) is 32.0. The molecule has 6 nitrogen and oxygen atoms in total. The van der Waals surface area contributed by atoms with Crippen LogP contribution in [0.15, 0.2) is 0 Å². The maximum atomic E-state index is 12.7. The Balaban J connectivity index is 3.82. The molecule has 6 heteroatoms. The van der Waals surface area contributed by atoms with Gasteiger partial charge in [-0.05, 0) is 19.3 Å². The summed E-state index contributed by atoms with van der Waals surface area (Å²) < 4.78 is 16.8. The molecule has 0 fully saturated rings. The van der Waals surface area contributed by atoms with E-state index in [2.05, 4.69) is 20.8 Å². The zero-order valence-corrected chi connectivity index (χ0v) is 47.8. The highest BCUT2D eigenvalue weighted by Crippen LogP contribution is 2.19. The number of hydrogen-bond acceptors (Lipinski definition) is 6. The first-order valence-electron chi connectivity index (χ1n) is 32.0. The molecule has 70 heavy (non-hydrogen) atoms. The van der Waals surface area contributed by atoms with E-state index in [4.69, 9.17) is 14.2 Å². The Morgan fingerprint density at radius 2 is 0.386 bits per heavy atom. The minimum Gasteiger partial charge on any atom is -0.462 e. The number of ether oxygens (including phenoxy) is 3. The summed E-state index contributed by atoms with van der Waals surface area (Å²) in [5.41, 5.74) is 0. The zero-order chi connectivity index (χ0) is 50.7. The molecule has 0 bridgehead atoms. The molecule has 0 aromatic carbocycles. The summed E-state index contributed by atoms with van der Waals surface area (Å²) in [6, 6.07) is 0. The van der Waals surface area contributed by atoms with Crippen molar-refractivity contribution in [3.05, 3.63) is 0 Å². The monoisotopic (exact) mass is 989 g/mol. The molecule has 0 saturated heterocycles. The second-order valence-corrected chi connectivity index (χ2v) is 22.1. The third-order valence-electron chi connectivity index (χ3n) is 14.9. The van der Waals surface area contributed by atoms with Gasteiger partial charge >= 0.3 is 17.9 Å². The quantitative estimate of drug-likeness (QED) is 0.0343. The topological polar surface area (TPSA) is 78.9 Å². The molecule has 1 atom stereocenters. The van der Waals surface area contributed by atoms with Crippen LogP contribution in [0.2, 0.25) is 0 Å². The van der Waals surface area contributed by atoms with Gasteiger partial charge in [0.25, 0.3) is 0 Å². The predicted octanol–water partition coefficient (Wildman–Crippen LogP) is 21.5. The number of esters is 3. The molecule has 0 spiro atoms. The molecule has 0 heterocycles. The van der Waals surface area contributed by atoms with E-state index in [1.54, 1.807) is 0 Å². The zero-order valence-electron chi connectivity index (χ0n) is 47.8. The summed E-state index contributed by atoms with van der Waals surface area (Å²) in [6.45, 7) is 6.65. The van der Waals surface area contributed by atoms with Gasteiger partial charge in [-0.2, -0.15) is 0 Å². The Morgan fingerprint density at radius 1 is 0.229 bits per heavy atom. The van der Waals surface area contributed by atoms with Crippen LogP contribution >= 0.6 is 0 Å². The Kier molecular flexibility index (Phi) is 58.6. The summed E-state index contributed by atoms with van der Waals surface area (Å²) in [7, 11) is 0. The van der Waals surface area contributed by atoms with Crippen molar-refractivity contribution in [2.24, 2.45) is 0 Å². The van der Waals surface area contributed by atoms with Gasteiger partial charge in [-0.25, -0.2) is 0 Å². The second kappa shape index (κ2) is 60.0. The third-order valence-corrected chi connectivity index (χ3v) is 14.9. The van der Waals surface area contributed by atoms with E-state index < -0.39 is 6.10 Å². The molecule has 0 saturated carbocycles. The number of rotatable bonds is 60. The summed E-state index contributed by atoms with van der Waals surface area (Å²) in [5.74, 6) is -0.846. The standard InChI is InChI=1S/C64H124O6/c1-4-7-10-13-16-18-20-21-22-23-24-25-26-27-28-29-30-31-32-33-34-35-36-37-38-39-40-41-42-44-45-48-51-54-57-63(66)69-60-61(59-68-62(65)56-53-50-47-15-12-9-6-3)70-64(67)58-55-52-49-46-43-19-17-14-11-8-5-2/h61H,4-60H2,1-3H3. The first-order chi connectivity index (χ1) is 34.5. The van der Waals surface area contributed by atoms with Crippen molar-refractivity contribution in [2.75, 3.05) is 13.2 Å². The second-order valence-electron chi connectivity index (χ2n) is 22.1. The van der Waals surface area contributed by atoms with Crippen molar-refractivity contribution < 1.29 is 28.6 Å². The van der Waals surface area contributed by atoms with Crippen molar-refractivity contribution in [3.63, 3.8) is 0 Å². The lowest BCUT2D eigenvalue weighted by Gasteiger charge is -2.18. The van der Waals surface area contributed by atoms with Gasteiger partial charge < -0.3 is 14.2 Å². The van der Waals surface area contributed by atoms with Gasteiger partial charge in [0, 0.05) is 19.3 Å². The SMILES string of the molecule is CCCCCCCCCCCCCCCCCCCCCCCCCCCCCCCCCCCCC(=O)OCC(COC(=O)CCCCCCCCC)OC(=O)CCCCCCCCCCCCC. The van der Waals surface area contributed by atoms with Gasteiger partial charge in [0.1, 0.15) is 13.2 Å². The van der Waals surface area contributed by atoms with Crippen LogP contribution in [0.1, 0.15) is 374 Å². The van der Waals surface area contributed by atoms with Gasteiger partial charge in [-0.15, -0.1) is 0 Å². The van der Waals surface area contributed by atoms with Crippen LogP contribution in [-0.4, -0.2) is 37.2 Å². The Hall–Kier alpha value is -1.59. The van der Waals surface area contributed by atoms with Crippen LogP contribution in [0.25, 0.3) is 0 Å². The molecule has 0 radical (unpaired) electrons. The van der Waals surface area contributed by atoms with Crippen molar-refractivity contribution in [1.82, 2.24) is 0 Å². The number of carbonyl (C=O) groups is 3. The van der Waals surface area contributed by atoms with E-state index in [0.717, 1.165) is 57.8 Å². The molecule has 0 aliphatic carbocycles. The molecule has 1 unspecified atom stereocenters.